The van der Waals surface area contributed by atoms with Gasteiger partial charge >= 0.3 is 0 Å². The number of ketones is 2. The number of hydrogen-bond acceptors (Lipinski definition) is 2. The van der Waals surface area contributed by atoms with Crippen LogP contribution in [0.1, 0.15) is 20.3 Å². The fraction of sp³-hybridized carbons (Fsp3) is 0.600. The second-order valence-electron chi connectivity index (χ2n) is 1.58. The van der Waals surface area contributed by atoms with Crippen molar-refractivity contribution >= 4 is 11.6 Å². The first-order valence-electron chi connectivity index (χ1n) is 2.12. The third-order valence-corrected chi connectivity index (χ3v) is 0.498. The number of carbonyl (C=O) groups excluding carboxylic acids is 2. The van der Waals surface area contributed by atoms with Gasteiger partial charge in [-0.25, -0.2) is 0 Å². The molecule has 0 heterocycles. The van der Waals surface area contributed by atoms with E-state index in [0.29, 0.717) is 0 Å². The summed E-state index contributed by atoms with van der Waals surface area (Å²) >= 11 is 0. The standard InChI is InChI=1S/C5H8O2.H2O.Pt/c1-4(6)3-5(2)7;;/h3H2,1-2H3;1H2;. The fourth-order valence-electron chi connectivity index (χ4n) is 0.351. The molecule has 0 aliphatic carbocycles. The third-order valence-electron chi connectivity index (χ3n) is 0.498. The second kappa shape index (κ2) is 7.99. The molecular weight excluding hydrogens is 303 g/mol. The number of hydrogen-bond donors (Lipinski definition) is 0. The van der Waals surface area contributed by atoms with Crippen LogP contribution in [0, 0.1) is 0 Å². The van der Waals surface area contributed by atoms with Crippen LogP contribution in [0.5, 0.6) is 0 Å². The number of rotatable bonds is 2. The molecule has 58 valence electrons. The van der Waals surface area contributed by atoms with E-state index >= 15 is 0 Å². The predicted molar refractivity (Wildman–Crippen MR) is 29.6 cm³/mol. The molecule has 4 heteroatoms. The number of Topliss-reactive ketones (excluding diaryl/α,β-unsaturated/α-hetero) is 2. The van der Waals surface area contributed by atoms with Crippen molar-refractivity contribution in [3.63, 3.8) is 0 Å². The Morgan fingerprint density at radius 1 is 1.11 bits per heavy atom. The zero-order valence-electron chi connectivity index (χ0n) is 5.34. The molecule has 0 aromatic carbocycles. The maximum atomic E-state index is 10.0. The van der Waals surface area contributed by atoms with Crippen molar-refractivity contribution in [2.45, 2.75) is 20.3 Å². The van der Waals surface area contributed by atoms with Gasteiger partial charge in [0.2, 0.25) is 0 Å². The van der Waals surface area contributed by atoms with Gasteiger partial charge < -0.3 is 5.48 Å². The Morgan fingerprint density at radius 3 is 1.33 bits per heavy atom. The quantitative estimate of drug-likeness (QED) is 0.659. The minimum atomic E-state index is -0.0625. The van der Waals surface area contributed by atoms with Gasteiger partial charge in [0.05, 0.1) is 6.42 Å². The van der Waals surface area contributed by atoms with Gasteiger partial charge in [-0.2, -0.15) is 0 Å². The topological polar surface area (TPSA) is 65.6 Å². The maximum absolute atomic E-state index is 10.0. The molecule has 0 radical (unpaired) electrons. The van der Waals surface area contributed by atoms with Crippen molar-refractivity contribution in [2.24, 2.45) is 0 Å². The Balaban J connectivity index is -0.000000180. The molecular formula is C5H10O3Pt. The molecule has 2 N–H and O–H groups in total. The zero-order chi connectivity index (χ0) is 5.86. The van der Waals surface area contributed by atoms with Crippen LogP contribution in [-0.2, 0) is 30.7 Å². The molecule has 0 aromatic heterocycles. The van der Waals surface area contributed by atoms with Crippen molar-refractivity contribution < 1.29 is 36.1 Å². The third kappa shape index (κ3) is 18.0. The first kappa shape index (κ1) is 16.0. The fourth-order valence-corrected chi connectivity index (χ4v) is 0.351. The first-order valence-corrected chi connectivity index (χ1v) is 2.12. The first-order chi connectivity index (χ1) is 3.13. The van der Waals surface area contributed by atoms with Gasteiger partial charge in [0.1, 0.15) is 11.6 Å². The van der Waals surface area contributed by atoms with Crippen molar-refractivity contribution in [1.82, 2.24) is 0 Å². The van der Waals surface area contributed by atoms with Gasteiger partial charge in [0, 0.05) is 21.1 Å². The smallest absolute Gasteiger partial charge is 0.137 e. The van der Waals surface area contributed by atoms with Crippen LogP contribution < -0.4 is 0 Å². The Hall–Kier alpha value is -0.0117. The van der Waals surface area contributed by atoms with E-state index in [4.69, 9.17) is 0 Å². The summed E-state index contributed by atoms with van der Waals surface area (Å²) in [6.07, 6.45) is 0.0833. The van der Waals surface area contributed by atoms with E-state index in [0.717, 1.165) is 0 Å². The predicted octanol–water partition coefficient (Wildman–Crippen LogP) is -0.273. The summed E-state index contributed by atoms with van der Waals surface area (Å²) in [6, 6.07) is 0. The SMILES string of the molecule is CC(=O)CC(C)=O.O.[Pt]. The summed E-state index contributed by atoms with van der Waals surface area (Å²) in [5.41, 5.74) is 0. The van der Waals surface area contributed by atoms with Crippen LogP contribution in [0.2, 0.25) is 0 Å². The summed E-state index contributed by atoms with van der Waals surface area (Å²) in [5, 5.41) is 0. The van der Waals surface area contributed by atoms with E-state index in [9.17, 15) is 9.59 Å². The van der Waals surface area contributed by atoms with Gasteiger partial charge in [-0.05, 0) is 13.8 Å². The van der Waals surface area contributed by atoms with Crippen LogP contribution in [0.15, 0.2) is 0 Å². The summed E-state index contributed by atoms with van der Waals surface area (Å²) in [7, 11) is 0. The molecule has 0 bridgehead atoms. The Bertz CT molecular complexity index is 88.4. The summed E-state index contributed by atoms with van der Waals surface area (Å²) in [4.78, 5) is 20.1. The van der Waals surface area contributed by atoms with E-state index in [2.05, 4.69) is 0 Å². The molecule has 0 rings (SSSR count). The zero-order valence-corrected chi connectivity index (χ0v) is 7.61. The van der Waals surface area contributed by atoms with Crippen molar-refractivity contribution in [1.29, 1.82) is 0 Å². The monoisotopic (exact) mass is 313 g/mol. The summed E-state index contributed by atoms with van der Waals surface area (Å²) < 4.78 is 0. The molecule has 0 aliphatic rings. The van der Waals surface area contributed by atoms with E-state index in [-0.39, 0.29) is 44.5 Å². The van der Waals surface area contributed by atoms with Crippen molar-refractivity contribution in [3.8, 4) is 0 Å². The Morgan fingerprint density at radius 2 is 1.33 bits per heavy atom. The normalized spacial score (nSPS) is 6.44. The van der Waals surface area contributed by atoms with E-state index in [1.165, 1.54) is 13.8 Å². The summed E-state index contributed by atoms with van der Waals surface area (Å²) in [6.45, 7) is 2.81. The largest absolute Gasteiger partial charge is 0.412 e. The Labute approximate surface area is 68.4 Å². The Kier molecular flexibility index (Phi) is 14.2. The van der Waals surface area contributed by atoms with E-state index in [1.54, 1.807) is 0 Å². The minimum absolute atomic E-state index is 0. The number of carbonyl (C=O) groups is 2. The molecule has 0 unspecified atom stereocenters. The van der Waals surface area contributed by atoms with Crippen LogP contribution in [-0.4, -0.2) is 17.0 Å². The minimum Gasteiger partial charge on any atom is -0.412 e. The van der Waals surface area contributed by atoms with Crippen molar-refractivity contribution in [2.75, 3.05) is 0 Å². The molecule has 9 heavy (non-hydrogen) atoms. The van der Waals surface area contributed by atoms with Crippen LogP contribution in [0.4, 0.5) is 0 Å². The van der Waals surface area contributed by atoms with Gasteiger partial charge in [-0.3, -0.25) is 9.59 Å². The van der Waals surface area contributed by atoms with Crippen LogP contribution in [0.3, 0.4) is 0 Å². The van der Waals surface area contributed by atoms with Crippen LogP contribution >= 0.6 is 0 Å². The van der Waals surface area contributed by atoms with Gasteiger partial charge in [0.15, 0.2) is 0 Å². The average molecular weight is 313 g/mol. The molecule has 0 aliphatic heterocycles. The molecule has 0 fully saturated rings. The molecule has 0 amide bonds. The van der Waals surface area contributed by atoms with Gasteiger partial charge in [0.25, 0.3) is 0 Å². The van der Waals surface area contributed by atoms with Gasteiger partial charge in [-0.1, -0.05) is 0 Å². The summed E-state index contributed by atoms with van der Waals surface area (Å²) in [5.74, 6) is -0.125. The molecule has 0 spiro atoms. The van der Waals surface area contributed by atoms with E-state index < -0.39 is 0 Å². The van der Waals surface area contributed by atoms with Crippen molar-refractivity contribution in [3.05, 3.63) is 0 Å². The molecule has 0 saturated carbocycles. The second-order valence-corrected chi connectivity index (χ2v) is 1.58. The van der Waals surface area contributed by atoms with Crippen LogP contribution in [0.25, 0.3) is 0 Å². The van der Waals surface area contributed by atoms with E-state index in [1.807, 2.05) is 0 Å². The average Bonchev–Trinajstić information content (AvgIpc) is 1.27. The molecule has 3 nitrogen and oxygen atoms in total. The molecule has 0 atom stereocenters. The molecule has 0 aromatic rings. The van der Waals surface area contributed by atoms with Gasteiger partial charge in [-0.15, -0.1) is 0 Å². The molecule has 0 saturated heterocycles. The maximum Gasteiger partial charge on any atom is 0.137 e.